The zero-order valence-electron chi connectivity index (χ0n) is 11.9. The molecule has 0 radical (unpaired) electrons. The second kappa shape index (κ2) is 7.06. The number of rotatable bonds is 7. The van der Waals surface area contributed by atoms with Crippen LogP contribution in [0.15, 0.2) is 42.5 Å². The molecule has 2 aromatic rings. The van der Waals surface area contributed by atoms with Crippen molar-refractivity contribution in [2.45, 2.75) is 32.2 Å². The molecular formula is C17H22N2O. The van der Waals surface area contributed by atoms with Crippen LogP contribution in [0.4, 0.5) is 0 Å². The maximum Gasteiger partial charge on any atom is 0.217 e. The molecule has 106 valence electrons. The van der Waals surface area contributed by atoms with Crippen molar-refractivity contribution < 1.29 is 4.79 Å². The SMILES string of the molecule is CC(NCCCCC(N)=O)c1cccc2ccccc12. The van der Waals surface area contributed by atoms with Crippen LogP contribution in [0.2, 0.25) is 0 Å². The summed E-state index contributed by atoms with van der Waals surface area (Å²) in [6.07, 6.45) is 2.30. The van der Waals surface area contributed by atoms with E-state index in [4.69, 9.17) is 5.73 Å². The molecule has 0 saturated heterocycles. The summed E-state index contributed by atoms with van der Waals surface area (Å²) >= 11 is 0. The van der Waals surface area contributed by atoms with Crippen molar-refractivity contribution in [1.82, 2.24) is 5.32 Å². The minimum absolute atomic E-state index is 0.216. The third-order valence-electron chi connectivity index (χ3n) is 3.59. The van der Waals surface area contributed by atoms with Crippen molar-refractivity contribution in [2.24, 2.45) is 5.73 Å². The third kappa shape index (κ3) is 3.81. The molecule has 1 amide bonds. The lowest BCUT2D eigenvalue weighted by Crippen LogP contribution is -2.20. The Hall–Kier alpha value is -1.87. The van der Waals surface area contributed by atoms with Crippen LogP contribution < -0.4 is 11.1 Å². The van der Waals surface area contributed by atoms with Crippen molar-refractivity contribution in [3.05, 3.63) is 48.0 Å². The average Bonchev–Trinajstić information content (AvgIpc) is 2.45. The summed E-state index contributed by atoms with van der Waals surface area (Å²) in [7, 11) is 0. The van der Waals surface area contributed by atoms with Crippen molar-refractivity contribution in [3.63, 3.8) is 0 Å². The lowest BCUT2D eigenvalue weighted by molar-refractivity contribution is -0.118. The smallest absolute Gasteiger partial charge is 0.217 e. The number of nitrogens with two attached hydrogens (primary N) is 1. The van der Waals surface area contributed by atoms with E-state index in [2.05, 4.69) is 54.7 Å². The predicted molar refractivity (Wildman–Crippen MR) is 83.4 cm³/mol. The fourth-order valence-electron chi connectivity index (χ4n) is 2.48. The summed E-state index contributed by atoms with van der Waals surface area (Å²) in [5.41, 5.74) is 6.45. The number of primary amides is 1. The van der Waals surface area contributed by atoms with Gasteiger partial charge < -0.3 is 11.1 Å². The zero-order valence-corrected chi connectivity index (χ0v) is 11.9. The number of fused-ring (bicyclic) bond motifs is 1. The van der Waals surface area contributed by atoms with E-state index in [1.165, 1.54) is 16.3 Å². The van der Waals surface area contributed by atoms with E-state index in [0.717, 1.165) is 19.4 Å². The van der Waals surface area contributed by atoms with Crippen molar-refractivity contribution in [2.75, 3.05) is 6.54 Å². The minimum Gasteiger partial charge on any atom is -0.370 e. The Morgan fingerprint density at radius 1 is 1.15 bits per heavy atom. The standard InChI is InChI=1S/C17H22N2O/c1-13(19-12-5-4-11-17(18)20)15-10-6-8-14-7-2-3-9-16(14)15/h2-3,6-10,13,19H,4-5,11-12H2,1H3,(H2,18,20). The van der Waals surface area contributed by atoms with Gasteiger partial charge in [0.1, 0.15) is 0 Å². The van der Waals surface area contributed by atoms with Gasteiger partial charge in [-0.05, 0) is 42.6 Å². The van der Waals surface area contributed by atoms with E-state index in [-0.39, 0.29) is 5.91 Å². The highest BCUT2D eigenvalue weighted by Gasteiger charge is 2.08. The molecule has 3 heteroatoms. The third-order valence-corrected chi connectivity index (χ3v) is 3.59. The summed E-state index contributed by atoms with van der Waals surface area (Å²) < 4.78 is 0. The molecule has 0 heterocycles. The molecule has 0 aliphatic rings. The monoisotopic (exact) mass is 270 g/mol. The van der Waals surface area contributed by atoms with Gasteiger partial charge in [0.25, 0.3) is 0 Å². The number of nitrogens with one attached hydrogen (secondary N) is 1. The number of benzene rings is 2. The van der Waals surface area contributed by atoms with E-state index in [9.17, 15) is 4.79 Å². The van der Waals surface area contributed by atoms with E-state index in [1.54, 1.807) is 0 Å². The summed E-state index contributed by atoms with van der Waals surface area (Å²) in [5.74, 6) is -0.216. The Balaban J connectivity index is 1.94. The van der Waals surface area contributed by atoms with Gasteiger partial charge in [0, 0.05) is 12.5 Å². The van der Waals surface area contributed by atoms with Gasteiger partial charge in [0.05, 0.1) is 0 Å². The molecule has 3 N–H and O–H groups in total. The first kappa shape index (κ1) is 14.5. The Kier molecular flexibility index (Phi) is 5.13. The fourth-order valence-corrected chi connectivity index (χ4v) is 2.48. The zero-order chi connectivity index (χ0) is 14.4. The lowest BCUT2D eigenvalue weighted by Gasteiger charge is -2.16. The van der Waals surface area contributed by atoms with Crippen LogP contribution >= 0.6 is 0 Å². The quantitative estimate of drug-likeness (QED) is 0.759. The van der Waals surface area contributed by atoms with Crippen molar-refractivity contribution >= 4 is 16.7 Å². The highest BCUT2D eigenvalue weighted by Crippen LogP contribution is 2.23. The summed E-state index contributed by atoms with van der Waals surface area (Å²) in [6.45, 7) is 3.08. The summed E-state index contributed by atoms with van der Waals surface area (Å²) in [5, 5.41) is 6.08. The second-order valence-electron chi connectivity index (χ2n) is 5.17. The molecule has 2 aromatic carbocycles. The highest BCUT2D eigenvalue weighted by molar-refractivity contribution is 5.86. The Morgan fingerprint density at radius 2 is 1.90 bits per heavy atom. The van der Waals surface area contributed by atoms with Crippen LogP contribution in [0, 0.1) is 0 Å². The lowest BCUT2D eigenvalue weighted by atomic mass is 9.99. The van der Waals surface area contributed by atoms with Crippen LogP contribution in [0.1, 0.15) is 37.8 Å². The number of carbonyl (C=O) groups excluding carboxylic acids is 1. The van der Waals surface area contributed by atoms with Gasteiger partial charge in [-0.3, -0.25) is 4.79 Å². The molecule has 0 aliphatic heterocycles. The van der Waals surface area contributed by atoms with Gasteiger partial charge in [-0.15, -0.1) is 0 Å². The van der Waals surface area contributed by atoms with Gasteiger partial charge in [-0.2, -0.15) is 0 Å². The molecule has 0 fully saturated rings. The molecular weight excluding hydrogens is 248 g/mol. The highest BCUT2D eigenvalue weighted by atomic mass is 16.1. The van der Waals surface area contributed by atoms with Crippen molar-refractivity contribution in [1.29, 1.82) is 0 Å². The fraction of sp³-hybridized carbons (Fsp3) is 0.353. The summed E-state index contributed by atoms with van der Waals surface area (Å²) in [4.78, 5) is 10.7. The van der Waals surface area contributed by atoms with Gasteiger partial charge in [-0.25, -0.2) is 0 Å². The van der Waals surface area contributed by atoms with Crippen molar-refractivity contribution in [3.8, 4) is 0 Å². The first-order chi connectivity index (χ1) is 9.68. The molecule has 0 saturated carbocycles. The van der Waals surface area contributed by atoms with E-state index in [0.29, 0.717) is 12.5 Å². The Morgan fingerprint density at radius 3 is 2.70 bits per heavy atom. The maximum atomic E-state index is 10.7. The number of amides is 1. The number of hydrogen-bond acceptors (Lipinski definition) is 2. The number of unbranched alkanes of at least 4 members (excludes halogenated alkanes) is 1. The minimum atomic E-state index is -0.216. The Bertz CT molecular complexity index is 575. The first-order valence-corrected chi connectivity index (χ1v) is 7.18. The summed E-state index contributed by atoms with van der Waals surface area (Å²) in [6, 6.07) is 15.1. The molecule has 0 bridgehead atoms. The van der Waals surface area contributed by atoms with E-state index < -0.39 is 0 Å². The second-order valence-corrected chi connectivity index (χ2v) is 5.17. The molecule has 0 aromatic heterocycles. The average molecular weight is 270 g/mol. The molecule has 3 nitrogen and oxygen atoms in total. The molecule has 0 spiro atoms. The maximum absolute atomic E-state index is 10.7. The molecule has 20 heavy (non-hydrogen) atoms. The molecule has 1 unspecified atom stereocenters. The van der Waals surface area contributed by atoms with Gasteiger partial charge >= 0.3 is 0 Å². The Labute approximate surface area is 120 Å². The van der Waals surface area contributed by atoms with Gasteiger partial charge in [0.15, 0.2) is 0 Å². The largest absolute Gasteiger partial charge is 0.370 e. The molecule has 0 aliphatic carbocycles. The van der Waals surface area contributed by atoms with Gasteiger partial charge in [-0.1, -0.05) is 42.5 Å². The van der Waals surface area contributed by atoms with Crippen LogP contribution in [-0.4, -0.2) is 12.5 Å². The van der Waals surface area contributed by atoms with E-state index in [1.807, 2.05) is 0 Å². The molecule has 1 atom stereocenters. The molecule has 2 rings (SSSR count). The number of carbonyl (C=O) groups is 1. The van der Waals surface area contributed by atoms with E-state index >= 15 is 0 Å². The normalized spacial score (nSPS) is 12.4. The first-order valence-electron chi connectivity index (χ1n) is 7.18. The van der Waals surface area contributed by atoms with Crippen LogP contribution in [0.5, 0.6) is 0 Å². The van der Waals surface area contributed by atoms with Crippen LogP contribution in [0.25, 0.3) is 10.8 Å². The predicted octanol–water partition coefficient (Wildman–Crippen LogP) is 3.15. The number of hydrogen-bond donors (Lipinski definition) is 2. The van der Waals surface area contributed by atoms with Crippen LogP contribution in [-0.2, 0) is 4.79 Å². The van der Waals surface area contributed by atoms with Gasteiger partial charge in [0.2, 0.25) is 5.91 Å². The van der Waals surface area contributed by atoms with Crippen LogP contribution in [0.3, 0.4) is 0 Å². The topological polar surface area (TPSA) is 55.1 Å².